The van der Waals surface area contributed by atoms with E-state index in [-0.39, 0.29) is 0 Å². The second-order valence-electron chi connectivity index (χ2n) is 4.75. The normalized spacial score (nSPS) is 21.5. The van der Waals surface area contributed by atoms with E-state index in [2.05, 4.69) is 34.8 Å². The average molecular weight is 238 g/mol. The summed E-state index contributed by atoms with van der Waals surface area (Å²) >= 11 is 1.86. The van der Waals surface area contributed by atoms with E-state index in [9.17, 15) is 0 Å². The molecule has 1 saturated heterocycles. The number of nitrogens with one attached hydrogen (secondary N) is 1. The number of rotatable bonds is 5. The van der Waals surface area contributed by atoms with Gasteiger partial charge in [0.1, 0.15) is 0 Å². The predicted molar refractivity (Wildman–Crippen MR) is 70.9 cm³/mol. The lowest BCUT2D eigenvalue weighted by atomic mass is 10.0. The molecule has 2 rings (SSSR count). The first-order valence-corrected chi connectivity index (χ1v) is 7.17. The Hall–Kier alpha value is -0.380. The second-order valence-corrected chi connectivity index (χ2v) is 5.78. The zero-order chi connectivity index (χ0) is 11.2. The Kier molecular flexibility index (Phi) is 4.82. The largest absolute Gasteiger partial charge is 0.314 e. The molecule has 2 heterocycles. The number of thiophene rings is 1. The van der Waals surface area contributed by atoms with Crippen LogP contribution in [-0.2, 0) is 6.54 Å². The van der Waals surface area contributed by atoms with Gasteiger partial charge < -0.3 is 10.2 Å². The summed E-state index contributed by atoms with van der Waals surface area (Å²) in [5.74, 6) is 0. The van der Waals surface area contributed by atoms with Crippen LogP contribution in [0.5, 0.6) is 0 Å². The molecule has 1 atom stereocenters. The molecule has 16 heavy (non-hydrogen) atoms. The quantitative estimate of drug-likeness (QED) is 0.848. The lowest BCUT2D eigenvalue weighted by Gasteiger charge is -2.25. The summed E-state index contributed by atoms with van der Waals surface area (Å²) in [6.45, 7) is 3.53. The number of hydrogen-bond acceptors (Lipinski definition) is 3. The van der Waals surface area contributed by atoms with E-state index < -0.39 is 0 Å². The lowest BCUT2D eigenvalue weighted by Crippen LogP contribution is -2.36. The van der Waals surface area contributed by atoms with Gasteiger partial charge in [0.05, 0.1) is 0 Å². The smallest absolute Gasteiger partial charge is 0.0324 e. The highest BCUT2D eigenvalue weighted by Crippen LogP contribution is 2.13. The molecule has 1 unspecified atom stereocenters. The van der Waals surface area contributed by atoms with Crippen LogP contribution in [-0.4, -0.2) is 31.1 Å². The Balaban J connectivity index is 1.65. The van der Waals surface area contributed by atoms with Gasteiger partial charge in [-0.25, -0.2) is 0 Å². The Morgan fingerprint density at radius 2 is 2.44 bits per heavy atom. The van der Waals surface area contributed by atoms with Crippen LogP contribution in [0.25, 0.3) is 0 Å². The maximum absolute atomic E-state index is 3.61. The highest BCUT2D eigenvalue weighted by molar-refractivity contribution is 7.09. The third-order valence-electron chi connectivity index (χ3n) is 3.28. The molecule has 0 amide bonds. The Labute approximate surface area is 103 Å². The molecular weight excluding hydrogens is 216 g/mol. The Morgan fingerprint density at radius 1 is 1.50 bits per heavy atom. The van der Waals surface area contributed by atoms with Gasteiger partial charge in [0.15, 0.2) is 0 Å². The first-order chi connectivity index (χ1) is 7.84. The zero-order valence-electron chi connectivity index (χ0n) is 10.1. The van der Waals surface area contributed by atoms with Crippen LogP contribution >= 0.6 is 11.3 Å². The van der Waals surface area contributed by atoms with Crippen molar-refractivity contribution in [2.45, 2.75) is 38.3 Å². The molecule has 0 spiro atoms. The number of nitrogens with zero attached hydrogens (tertiary/aromatic N) is 1. The van der Waals surface area contributed by atoms with Crippen molar-refractivity contribution < 1.29 is 0 Å². The van der Waals surface area contributed by atoms with Gasteiger partial charge in [-0.3, -0.25) is 0 Å². The second kappa shape index (κ2) is 6.38. The van der Waals surface area contributed by atoms with Gasteiger partial charge in [0.2, 0.25) is 0 Å². The van der Waals surface area contributed by atoms with Crippen LogP contribution in [0.1, 0.15) is 30.6 Å². The maximum Gasteiger partial charge on any atom is 0.0324 e. The standard InChI is InChI=1S/C13H22N2S/c1-15(11-13-6-4-10-16-13)9-7-12-5-2-3-8-14-12/h4,6,10,12,14H,2-3,5,7-9,11H2,1H3. The molecule has 0 aliphatic carbocycles. The molecule has 2 nitrogen and oxygen atoms in total. The van der Waals surface area contributed by atoms with Crippen molar-refractivity contribution in [3.05, 3.63) is 22.4 Å². The summed E-state index contributed by atoms with van der Waals surface area (Å²) in [6, 6.07) is 5.12. The fraction of sp³-hybridized carbons (Fsp3) is 0.692. The molecule has 0 saturated carbocycles. The van der Waals surface area contributed by atoms with Crippen molar-refractivity contribution in [1.82, 2.24) is 10.2 Å². The van der Waals surface area contributed by atoms with Gasteiger partial charge in [-0.15, -0.1) is 11.3 Å². The summed E-state index contributed by atoms with van der Waals surface area (Å²) in [6.07, 6.45) is 5.43. The van der Waals surface area contributed by atoms with Crippen molar-refractivity contribution >= 4 is 11.3 Å². The van der Waals surface area contributed by atoms with Crippen LogP contribution in [0.4, 0.5) is 0 Å². The van der Waals surface area contributed by atoms with Gasteiger partial charge in [0.25, 0.3) is 0 Å². The van der Waals surface area contributed by atoms with Gasteiger partial charge in [-0.1, -0.05) is 12.5 Å². The molecule has 1 aromatic rings. The average Bonchev–Trinajstić information content (AvgIpc) is 2.81. The van der Waals surface area contributed by atoms with Gasteiger partial charge in [-0.05, 0) is 50.8 Å². The van der Waals surface area contributed by atoms with Crippen molar-refractivity contribution in [1.29, 1.82) is 0 Å². The number of hydrogen-bond donors (Lipinski definition) is 1. The highest BCUT2D eigenvalue weighted by Gasteiger charge is 2.12. The summed E-state index contributed by atoms with van der Waals surface area (Å²) < 4.78 is 0. The molecule has 0 aromatic carbocycles. The van der Waals surface area contributed by atoms with E-state index in [0.717, 1.165) is 12.6 Å². The predicted octanol–water partition coefficient (Wildman–Crippen LogP) is 2.71. The third kappa shape index (κ3) is 3.89. The third-order valence-corrected chi connectivity index (χ3v) is 4.14. The molecule has 1 fully saturated rings. The SMILES string of the molecule is CN(CCC1CCCCN1)Cc1cccs1. The van der Waals surface area contributed by atoms with Crippen LogP contribution in [0, 0.1) is 0 Å². The van der Waals surface area contributed by atoms with E-state index in [1.807, 2.05) is 11.3 Å². The fourth-order valence-corrected chi connectivity index (χ4v) is 3.08. The van der Waals surface area contributed by atoms with Crippen LogP contribution in [0.2, 0.25) is 0 Å². The minimum Gasteiger partial charge on any atom is -0.314 e. The Morgan fingerprint density at radius 3 is 3.12 bits per heavy atom. The molecular formula is C13H22N2S. The van der Waals surface area contributed by atoms with Gasteiger partial charge >= 0.3 is 0 Å². The fourth-order valence-electron chi connectivity index (χ4n) is 2.29. The molecule has 1 N–H and O–H groups in total. The summed E-state index contributed by atoms with van der Waals surface area (Å²) in [5.41, 5.74) is 0. The van der Waals surface area contributed by atoms with Crippen LogP contribution < -0.4 is 5.32 Å². The maximum atomic E-state index is 3.61. The topological polar surface area (TPSA) is 15.3 Å². The highest BCUT2D eigenvalue weighted by atomic mass is 32.1. The zero-order valence-corrected chi connectivity index (χ0v) is 10.9. The molecule has 1 aromatic heterocycles. The van der Waals surface area contributed by atoms with Gasteiger partial charge in [0, 0.05) is 17.5 Å². The monoisotopic (exact) mass is 238 g/mol. The molecule has 1 aliphatic heterocycles. The molecule has 90 valence electrons. The lowest BCUT2D eigenvalue weighted by molar-refractivity contribution is 0.283. The Bertz CT molecular complexity index is 278. The first kappa shape index (κ1) is 12.1. The molecule has 1 aliphatic rings. The summed E-state index contributed by atoms with van der Waals surface area (Å²) in [5, 5.41) is 5.77. The molecule has 3 heteroatoms. The van der Waals surface area contributed by atoms with E-state index >= 15 is 0 Å². The van der Waals surface area contributed by atoms with Crippen molar-refractivity contribution in [2.24, 2.45) is 0 Å². The molecule has 0 radical (unpaired) electrons. The van der Waals surface area contributed by atoms with Crippen molar-refractivity contribution in [3.63, 3.8) is 0 Å². The molecule has 0 bridgehead atoms. The van der Waals surface area contributed by atoms with E-state index in [0.29, 0.717) is 0 Å². The van der Waals surface area contributed by atoms with Crippen molar-refractivity contribution in [2.75, 3.05) is 20.1 Å². The van der Waals surface area contributed by atoms with Gasteiger partial charge in [-0.2, -0.15) is 0 Å². The van der Waals surface area contributed by atoms with Crippen LogP contribution in [0.3, 0.4) is 0 Å². The van der Waals surface area contributed by atoms with Crippen LogP contribution in [0.15, 0.2) is 17.5 Å². The van der Waals surface area contributed by atoms with E-state index in [1.165, 1.54) is 43.6 Å². The minimum atomic E-state index is 0.763. The number of piperidine rings is 1. The van der Waals surface area contributed by atoms with E-state index in [4.69, 9.17) is 0 Å². The first-order valence-electron chi connectivity index (χ1n) is 6.29. The van der Waals surface area contributed by atoms with Crippen molar-refractivity contribution in [3.8, 4) is 0 Å². The summed E-state index contributed by atoms with van der Waals surface area (Å²) in [4.78, 5) is 3.90. The minimum absolute atomic E-state index is 0.763. The van der Waals surface area contributed by atoms with E-state index in [1.54, 1.807) is 0 Å². The summed E-state index contributed by atoms with van der Waals surface area (Å²) in [7, 11) is 2.22.